The summed E-state index contributed by atoms with van der Waals surface area (Å²) in [5, 5.41) is 0. The summed E-state index contributed by atoms with van der Waals surface area (Å²) in [4.78, 5) is 17.3. The zero-order valence-corrected chi connectivity index (χ0v) is 15.7. The molecule has 6 heteroatoms. The molecule has 1 aliphatic rings. The monoisotopic (exact) mass is 366 g/mol. The fraction of sp³-hybridized carbons (Fsp3) is 0.333. The van der Waals surface area contributed by atoms with Crippen LogP contribution in [0.15, 0.2) is 36.7 Å². The Bertz CT molecular complexity index is 1010. The number of hydrogen-bond donors (Lipinski definition) is 0. The van der Waals surface area contributed by atoms with E-state index in [4.69, 9.17) is 14.2 Å². The molecule has 4 rings (SSSR count). The third kappa shape index (κ3) is 2.81. The minimum atomic E-state index is 0.0373. The van der Waals surface area contributed by atoms with E-state index in [0.29, 0.717) is 23.7 Å². The lowest BCUT2D eigenvalue weighted by atomic mass is 9.96. The van der Waals surface area contributed by atoms with Gasteiger partial charge in [-0.3, -0.25) is 9.36 Å². The van der Waals surface area contributed by atoms with Gasteiger partial charge in [0.1, 0.15) is 6.33 Å². The summed E-state index contributed by atoms with van der Waals surface area (Å²) in [5.74, 6) is 2.08. The number of methoxy groups -OCH3 is 3. The summed E-state index contributed by atoms with van der Waals surface area (Å²) >= 11 is 0. The molecule has 0 spiro atoms. The standard InChI is InChI=1S/C21H22N2O4/c1-25-18-11-15-13(8-9-14(15)20(26-2)21(18)27-3)10-19(24)23-12-22-16-6-4-5-7-17(16)23/h4-7,11-13H,8-10H2,1-3H3. The molecule has 0 amide bonds. The van der Waals surface area contributed by atoms with Crippen LogP contribution in [-0.4, -0.2) is 36.8 Å². The number of fused-ring (bicyclic) bond motifs is 2. The van der Waals surface area contributed by atoms with Gasteiger partial charge in [-0.1, -0.05) is 12.1 Å². The second kappa shape index (κ2) is 6.95. The molecule has 0 aliphatic heterocycles. The van der Waals surface area contributed by atoms with E-state index in [1.165, 1.54) is 0 Å². The first-order chi connectivity index (χ1) is 13.2. The van der Waals surface area contributed by atoms with Crippen LogP contribution in [0.25, 0.3) is 11.0 Å². The molecule has 140 valence electrons. The molecule has 0 bridgehead atoms. The molecule has 0 saturated carbocycles. The van der Waals surface area contributed by atoms with Crippen LogP contribution in [0.1, 0.15) is 34.7 Å². The van der Waals surface area contributed by atoms with Gasteiger partial charge in [-0.05, 0) is 42.5 Å². The number of carbonyl (C=O) groups is 1. The van der Waals surface area contributed by atoms with Gasteiger partial charge in [0.15, 0.2) is 11.5 Å². The zero-order chi connectivity index (χ0) is 19.0. The third-order valence-corrected chi connectivity index (χ3v) is 5.29. The predicted molar refractivity (Wildman–Crippen MR) is 102 cm³/mol. The summed E-state index contributed by atoms with van der Waals surface area (Å²) < 4.78 is 18.2. The lowest BCUT2D eigenvalue weighted by Crippen LogP contribution is -2.13. The SMILES string of the molecule is COc1cc2c(c(OC)c1OC)CCC2CC(=O)n1cnc2ccccc21. The number of aromatic nitrogens is 2. The van der Waals surface area contributed by atoms with Gasteiger partial charge in [-0.2, -0.15) is 0 Å². The molecule has 1 aromatic heterocycles. The predicted octanol–water partition coefficient (Wildman–Crippen LogP) is 3.82. The number of para-hydroxylation sites is 2. The van der Waals surface area contributed by atoms with Crippen molar-refractivity contribution in [3.05, 3.63) is 47.8 Å². The first-order valence-corrected chi connectivity index (χ1v) is 8.95. The van der Waals surface area contributed by atoms with Crippen molar-refractivity contribution in [2.24, 2.45) is 0 Å². The van der Waals surface area contributed by atoms with E-state index in [2.05, 4.69) is 4.98 Å². The highest BCUT2D eigenvalue weighted by molar-refractivity contribution is 5.90. The maximum Gasteiger partial charge on any atom is 0.232 e. The van der Waals surface area contributed by atoms with E-state index in [0.717, 1.165) is 35.0 Å². The summed E-state index contributed by atoms with van der Waals surface area (Å²) in [6.45, 7) is 0. The smallest absolute Gasteiger partial charge is 0.232 e. The molecule has 1 aliphatic carbocycles. The summed E-state index contributed by atoms with van der Waals surface area (Å²) in [6.07, 6.45) is 3.76. The Kier molecular flexibility index (Phi) is 4.48. The van der Waals surface area contributed by atoms with E-state index in [-0.39, 0.29) is 11.8 Å². The fourth-order valence-electron chi connectivity index (χ4n) is 4.01. The molecule has 27 heavy (non-hydrogen) atoms. The number of rotatable bonds is 5. The quantitative estimate of drug-likeness (QED) is 0.687. The minimum Gasteiger partial charge on any atom is -0.493 e. The van der Waals surface area contributed by atoms with Crippen LogP contribution in [0.3, 0.4) is 0 Å². The first kappa shape index (κ1) is 17.4. The lowest BCUT2D eigenvalue weighted by molar-refractivity contribution is 0.0897. The third-order valence-electron chi connectivity index (χ3n) is 5.29. The van der Waals surface area contributed by atoms with Crippen LogP contribution in [-0.2, 0) is 6.42 Å². The first-order valence-electron chi connectivity index (χ1n) is 8.95. The van der Waals surface area contributed by atoms with Crippen molar-refractivity contribution in [1.82, 2.24) is 9.55 Å². The molecular weight excluding hydrogens is 344 g/mol. The lowest BCUT2D eigenvalue weighted by Gasteiger charge is -2.18. The number of carbonyl (C=O) groups excluding carboxylic acids is 1. The normalized spacial score (nSPS) is 15.6. The Hall–Kier alpha value is -3.02. The topological polar surface area (TPSA) is 62.6 Å². The Morgan fingerprint density at radius 2 is 1.93 bits per heavy atom. The molecule has 2 aromatic carbocycles. The van der Waals surface area contributed by atoms with Crippen molar-refractivity contribution in [3.63, 3.8) is 0 Å². The molecule has 0 saturated heterocycles. The maximum absolute atomic E-state index is 13.0. The minimum absolute atomic E-state index is 0.0373. The van der Waals surface area contributed by atoms with Crippen LogP contribution in [0.5, 0.6) is 17.2 Å². The van der Waals surface area contributed by atoms with Gasteiger partial charge in [0.2, 0.25) is 11.7 Å². The van der Waals surface area contributed by atoms with E-state index in [9.17, 15) is 4.79 Å². The van der Waals surface area contributed by atoms with Crippen LogP contribution in [0.2, 0.25) is 0 Å². The summed E-state index contributed by atoms with van der Waals surface area (Å²) in [7, 11) is 4.84. The molecule has 1 heterocycles. The van der Waals surface area contributed by atoms with E-state index >= 15 is 0 Å². The van der Waals surface area contributed by atoms with Gasteiger partial charge in [-0.15, -0.1) is 0 Å². The van der Waals surface area contributed by atoms with E-state index in [1.807, 2.05) is 30.3 Å². The fourth-order valence-corrected chi connectivity index (χ4v) is 4.01. The molecule has 6 nitrogen and oxygen atoms in total. The van der Waals surface area contributed by atoms with E-state index < -0.39 is 0 Å². The highest BCUT2D eigenvalue weighted by atomic mass is 16.5. The van der Waals surface area contributed by atoms with Crippen LogP contribution in [0, 0.1) is 0 Å². The van der Waals surface area contributed by atoms with Crippen molar-refractivity contribution in [1.29, 1.82) is 0 Å². The highest BCUT2D eigenvalue weighted by Crippen LogP contribution is 2.49. The maximum atomic E-state index is 13.0. The molecule has 1 atom stereocenters. The molecule has 0 fully saturated rings. The van der Waals surface area contributed by atoms with Gasteiger partial charge in [0, 0.05) is 12.0 Å². The van der Waals surface area contributed by atoms with Crippen LogP contribution in [0.4, 0.5) is 0 Å². The molecule has 0 N–H and O–H groups in total. The molecule has 0 radical (unpaired) electrons. The highest BCUT2D eigenvalue weighted by Gasteiger charge is 2.31. The van der Waals surface area contributed by atoms with Gasteiger partial charge >= 0.3 is 0 Å². The number of imidazole rings is 1. The number of nitrogens with zero attached hydrogens (tertiary/aromatic N) is 2. The summed E-state index contributed by atoms with van der Waals surface area (Å²) in [5.41, 5.74) is 3.86. The van der Waals surface area contributed by atoms with Crippen LogP contribution >= 0.6 is 0 Å². The number of hydrogen-bond acceptors (Lipinski definition) is 5. The average Bonchev–Trinajstić information content (AvgIpc) is 3.30. The van der Waals surface area contributed by atoms with Gasteiger partial charge in [0.25, 0.3) is 0 Å². The van der Waals surface area contributed by atoms with Crippen molar-refractivity contribution < 1.29 is 19.0 Å². The Morgan fingerprint density at radius 3 is 2.67 bits per heavy atom. The molecular formula is C21H22N2O4. The van der Waals surface area contributed by atoms with Crippen molar-refractivity contribution in [2.75, 3.05) is 21.3 Å². The number of ether oxygens (including phenoxy) is 3. The Morgan fingerprint density at radius 1 is 1.15 bits per heavy atom. The van der Waals surface area contributed by atoms with Gasteiger partial charge in [-0.25, -0.2) is 4.98 Å². The van der Waals surface area contributed by atoms with Crippen molar-refractivity contribution in [3.8, 4) is 17.2 Å². The number of benzene rings is 2. The largest absolute Gasteiger partial charge is 0.493 e. The molecule has 1 unspecified atom stereocenters. The summed E-state index contributed by atoms with van der Waals surface area (Å²) in [6, 6.07) is 9.64. The Labute approximate surface area is 157 Å². The van der Waals surface area contributed by atoms with Gasteiger partial charge < -0.3 is 14.2 Å². The van der Waals surface area contributed by atoms with Crippen molar-refractivity contribution >= 4 is 16.9 Å². The van der Waals surface area contributed by atoms with E-state index in [1.54, 1.807) is 32.2 Å². The molecule has 3 aromatic rings. The van der Waals surface area contributed by atoms with Gasteiger partial charge in [0.05, 0.1) is 32.4 Å². The Balaban J connectivity index is 1.67. The second-order valence-electron chi connectivity index (χ2n) is 6.65. The van der Waals surface area contributed by atoms with Crippen molar-refractivity contribution in [2.45, 2.75) is 25.2 Å². The zero-order valence-electron chi connectivity index (χ0n) is 15.7. The second-order valence-corrected chi connectivity index (χ2v) is 6.65. The average molecular weight is 366 g/mol. The van der Waals surface area contributed by atoms with Crippen LogP contribution < -0.4 is 14.2 Å².